The van der Waals surface area contributed by atoms with E-state index in [1.165, 1.54) is 7.11 Å². The van der Waals surface area contributed by atoms with Crippen LogP contribution in [0.25, 0.3) is 0 Å². The highest BCUT2D eigenvalue weighted by Crippen LogP contribution is 2.27. The van der Waals surface area contributed by atoms with Crippen molar-refractivity contribution in [3.05, 3.63) is 58.1 Å². The highest BCUT2D eigenvalue weighted by atomic mass is 35.5. The van der Waals surface area contributed by atoms with E-state index in [0.29, 0.717) is 59.1 Å². The van der Waals surface area contributed by atoms with Gasteiger partial charge < -0.3 is 20.7 Å². The summed E-state index contributed by atoms with van der Waals surface area (Å²) >= 11 is 6.03. The average molecular weight is 430 g/mol. The molecule has 1 aliphatic rings. The highest BCUT2D eigenvalue weighted by Gasteiger charge is 2.29. The van der Waals surface area contributed by atoms with Gasteiger partial charge in [0.05, 0.1) is 12.7 Å². The summed E-state index contributed by atoms with van der Waals surface area (Å²) in [6.07, 6.45) is 1.11. The summed E-state index contributed by atoms with van der Waals surface area (Å²) in [5, 5.41) is 3.35. The SMILES string of the molecule is COc1ccc(Cl)cc1C(=O)N1CCC(C(=O)Nc2ccc(C(N)=O)c(C)c2)CC1. The van der Waals surface area contributed by atoms with E-state index in [1.54, 1.807) is 48.2 Å². The molecule has 0 bridgehead atoms. The van der Waals surface area contributed by atoms with Crippen molar-refractivity contribution in [2.75, 3.05) is 25.5 Å². The first-order valence-electron chi connectivity index (χ1n) is 9.64. The number of hydrogen-bond donors (Lipinski definition) is 2. The number of benzene rings is 2. The number of rotatable bonds is 5. The Morgan fingerprint density at radius 3 is 2.40 bits per heavy atom. The summed E-state index contributed by atoms with van der Waals surface area (Å²) in [6, 6.07) is 9.93. The van der Waals surface area contributed by atoms with E-state index in [9.17, 15) is 14.4 Å². The molecule has 0 aliphatic carbocycles. The number of carbonyl (C=O) groups is 3. The maximum absolute atomic E-state index is 12.9. The molecule has 2 aromatic rings. The molecule has 0 atom stereocenters. The summed E-state index contributed by atoms with van der Waals surface area (Å²) in [4.78, 5) is 38.6. The van der Waals surface area contributed by atoms with Crippen LogP contribution in [0, 0.1) is 12.8 Å². The quantitative estimate of drug-likeness (QED) is 0.761. The molecule has 8 heteroatoms. The average Bonchev–Trinajstić information content (AvgIpc) is 2.73. The van der Waals surface area contributed by atoms with E-state index < -0.39 is 5.91 Å². The number of nitrogens with zero attached hydrogens (tertiary/aromatic N) is 1. The number of aryl methyl sites for hydroxylation is 1. The number of primary amides is 1. The van der Waals surface area contributed by atoms with Gasteiger partial charge in [0, 0.05) is 35.3 Å². The Labute approximate surface area is 180 Å². The first-order valence-corrected chi connectivity index (χ1v) is 10.0. The van der Waals surface area contributed by atoms with Gasteiger partial charge in [-0.25, -0.2) is 0 Å². The minimum Gasteiger partial charge on any atom is -0.496 e. The van der Waals surface area contributed by atoms with Crippen LogP contribution in [0.5, 0.6) is 5.75 Å². The molecule has 1 heterocycles. The lowest BCUT2D eigenvalue weighted by Gasteiger charge is -2.31. The first kappa shape index (κ1) is 21.6. The normalized spacial score (nSPS) is 14.3. The number of hydrogen-bond acceptors (Lipinski definition) is 4. The molecule has 3 rings (SSSR count). The topological polar surface area (TPSA) is 102 Å². The molecule has 30 heavy (non-hydrogen) atoms. The van der Waals surface area contributed by atoms with Gasteiger partial charge in [0.1, 0.15) is 5.75 Å². The summed E-state index contributed by atoms with van der Waals surface area (Å²) in [5.74, 6) is -0.497. The molecule has 3 N–H and O–H groups in total. The molecule has 3 amide bonds. The molecule has 0 radical (unpaired) electrons. The maximum atomic E-state index is 12.9. The smallest absolute Gasteiger partial charge is 0.257 e. The Balaban J connectivity index is 1.61. The van der Waals surface area contributed by atoms with Gasteiger partial charge in [0.25, 0.3) is 5.91 Å². The third kappa shape index (κ3) is 4.74. The summed E-state index contributed by atoms with van der Waals surface area (Å²) in [6.45, 7) is 2.70. The molecule has 0 aromatic heterocycles. The van der Waals surface area contributed by atoms with Crippen molar-refractivity contribution in [1.29, 1.82) is 0 Å². The van der Waals surface area contributed by atoms with Crippen LogP contribution in [0.4, 0.5) is 5.69 Å². The van der Waals surface area contributed by atoms with Crippen molar-refractivity contribution in [1.82, 2.24) is 4.90 Å². The number of amides is 3. The number of nitrogens with two attached hydrogens (primary N) is 1. The highest BCUT2D eigenvalue weighted by molar-refractivity contribution is 6.31. The summed E-state index contributed by atoms with van der Waals surface area (Å²) in [7, 11) is 1.51. The van der Waals surface area contributed by atoms with Gasteiger partial charge in [0.15, 0.2) is 0 Å². The lowest BCUT2D eigenvalue weighted by atomic mass is 9.95. The number of ether oxygens (including phenoxy) is 1. The predicted octanol–water partition coefficient (Wildman–Crippen LogP) is 3.25. The molecule has 158 valence electrons. The van der Waals surface area contributed by atoms with Gasteiger partial charge >= 0.3 is 0 Å². The number of carbonyl (C=O) groups excluding carboxylic acids is 3. The molecular formula is C22H24ClN3O4. The van der Waals surface area contributed by atoms with Crippen molar-refractivity contribution in [2.45, 2.75) is 19.8 Å². The molecule has 1 saturated heterocycles. The van der Waals surface area contributed by atoms with E-state index in [-0.39, 0.29) is 17.7 Å². The molecule has 0 spiro atoms. The Kier molecular flexibility index (Phi) is 6.62. The Bertz CT molecular complexity index is 984. The van der Waals surface area contributed by atoms with Crippen molar-refractivity contribution in [2.24, 2.45) is 11.7 Å². The Morgan fingerprint density at radius 1 is 1.10 bits per heavy atom. The second-order valence-electron chi connectivity index (χ2n) is 7.29. The van der Waals surface area contributed by atoms with Crippen LogP contribution in [0.2, 0.25) is 5.02 Å². The largest absolute Gasteiger partial charge is 0.496 e. The van der Waals surface area contributed by atoms with Crippen LogP contribution in [0.1, 0.15) is 39.1 Å². The van der Waals surface area contributed by atoms with Crippen LogP contribution < -0.4 is 15.8 Å². The molecule has 0 unspecified atom stereocenters. The lowest BCUT2D eigenvalue weighted by Crippen LogP contribution is -2.41. The number of likely N-dealkylation sites (tertiary alicyclic amines) is 1. The van der Waals surface area contributed by atoms with Crippen LogP contribution in [0.3, 0.4) is 0 Å². The standard InChI is InChI=1S/C22H24ClN3O4/c1-13-11-16(4-5-17(13)20(24)27)25-21(28)14-7-9-26(10-8-14)22(29)18-12-15(23)3-6-19(18)30-2/h3-6,11-12,14H,7-10H2,1-2H3,(H2,24,27)(H,25,28). The minimum absolute atomic E-state index is 0.103. The van der Waals surface area contributed by atoms with E-state index in [1.807, 2.05) is 0 Å². The minimum atomic E-state index is -0.501. The molecular weight excluding hydrogens is 406 g/mol. The zero-order chi connectivity index (χ0) is 21.8. The molecule has 1 aliphatic heterocycles. The Hall–Kier alpha value is -3.06. The van der Waals surface area contributed by atoms with Crippen molar-refractivity contribution in [3.8, 4) is 5.75 Å². The van der Waals surface area contributed by atoms with Crippen LogP contribution in [-0.2, 0) is 4.79 Å². The fraction of sp³-hybridized carbons (Fsp3) is 0.318. The number of nitrogens with one attached hydrogen (secondary N) is 1. The van der Waals surface area contributed by atoms with Crippen LogP contribution >= 0.6 is 11.6 Å². The van der Waals surface area contributed by atoms with E-state index >= 15 is 0 Å². The number of anilines is 1. The second-order valence-corrected chi connectivity index (χ2v) is 7.73. The lowest BCUT2D eigenvalue weighted by molar-refractivity contribution is -0.121. The summed E-state index contributed by atoms with van der Waals surface area (Å²) < 4.78 is 5.27. The van der Waals surface area contributed by atoms with Gasteiger partial charge in [-0.2, -0.15) is 0 Å². The Morgan fingerprint density at radius 2 is 1.80 bits per heavy atom. The van der Waals surface area contributed by atoms with E-state index in [4.69, 9.17) is 22.1 Å². The van der Waals surface area contributed by atoms with E-state index in [0.717, 1.165) is 0 Å². The van der Waals surface area contributed by atoms with Crippen LogP contribution in [-0.4, -0.2) is 42.8 Å². The van der Waals surface area contributed by atoms with Gasteiger partial charge in [-0.3, -0.25) is 14.4 Å². The number of piperidine rings is 1. The van der Waals surface area contributed by atoms with Gasteiger partial charge in [-0.1, -0.05) is 11.6 Å². The van der Waals surface area contributed by atoms with Gasteiger partial charge in [0.2, 0.25) is 11.8 Å². The van der Waals surface area contributed by atoms with Gasteiger partial charge in [-0.05, 0) is 61.7 Å². The molecule has 1 fully saturated rings. The molecule has 2 aromatic carbocycles. The second kappa shape index (κ2) is 9.17. The van der Waals surface area contributed by atoms with Crippen molar-refractivity contribution in [3.63, 3.8) is 0 Å². The first-order chi connectivity index (χ1) is 14.3. The van der Waals surface area contributed by atoms with Crippen molar-refractivity contribution >= 4 is 35.0 Å². The van der Waals surface area contributed by atoms with E-state index in [2.05, 4.69) is 5.32 Å². The molecule has 7 nitrogen and oxygen atoms in total. The third-order valence-electron chi connectivity index (χ3n) is 5.30. The fourth-order valence-electron chi connectivity index (χ4n) is 3.62. The summed E-state index contributed by atoms with van der Waals surface area (Å²) in [5.41, 5.74) is 7.48. The monoisotopic (exact) mass is 429 g/mol. The zero-order valence-electron chi connectivity index (χ0n) is 16.9. The van der Waals surface area contributed by atoms with Gasteiger partial charge in [-0.15, -0.1) is 0 Å². The van der Waals surface area contributed by atoms with Crippen molar-refractivity contribution < 1.29 is 19.1 Å². The predicted molar refractivity (Wildman–Crippen MR) is 115 cm³/mol. The molecule has 0 saturated carbocycles. The fourth-order valence-corrected chi connectivity index (χ4v) is 3.80. The zero-order valence-corrected chi connectivity index (χ0v) is 17.7. The number of methoxy groups -OCH3 is 1. The maximum Gasteiger partial charge on any atom is 0.257 e. The third-order valence-corrected chi connectivity index (χ3v) is 5.54. The number of halogens is 1. The van der Waals surface area contributed by atoms with Crippen LogP contribution in [0.15, 0.2) is 36.4 Å².